The highest BCUT2D eigenvalue weighted by Crippen LogP contribution is 2.20. The van der Waals surface area contributed by atoms with Gasteiger partial charge >= 0.3 is 0 Å². The fourth-order valence-electron chi connectivity index (χ4n) is 1.73. The molecule has 5 heteroatoms. The van der Waals surface area contributed by atoms with Crippen LogP contribution in [0.3, 0.4) is 0 Å². The Bertz CT molecular complexity index is 475. The van der Waals surface area contributed by atoms with E-state index >= 15 is 0 Å². The molecule has 0 heterocycles. The van der Waals surface area contributed by atoms with E-state index in [1.807, 2.05) is 25.1 Å². The quantitative estimate of drug-likeness (QED) is 0.844. The molecular weight excluding hydrogens is 308 g/mol. The van der Waals surface area contributed by atoms with Gasteiger partial charge in [-0.05, 0) is 31.0 Å². The van der Waals surface area contributed by atoms with Gasteiger partial charge in [0.1, 0.15) is 0 Å². The van der Waals surface area contributed by atoms with Crippen LogP contribution in [0.2, 0.25) is 0 Å². The molecule has 0 aliphatic rings. The summed E-state index contributed by atoms with van der Waals surface area (Å²) in [5, 5.41) is 2.72. The number of benzene rings is 1. The first-order valence-corrected chi connectivity index (χ1v) is 6.97. The monoisotopic (exact) mass is 326 g/mol. The molecule has 1 aromatic rings. The third kappa shape index (κ3) is 4.67. The van der Waals surface area contributed by atoms with Gasteiger partial charge in [-0.25, -0.2) is 0 Å². The minimum Gasteiger partial charge on any atom is -0.356 e. The van der Waals surface area contributed by atoms with Crippen LogP contribution in [0.5, 0.6) is 0 Å². The van der Waals surface area contributed by atoms with Crippen LogP contribution in [-0.4, -0.2) is 36.9 Å². The van der Waals surface area contributed by atoms with Gasteiger partial charge in [0, 0.05) is 37.1 Å². The standard InChI is InChI=1S/C14H19BrN2O2/c1-10-12(6-4-7-13(10)15)14(19)17(3)9-5-8-16-11(2)18/h4,6-7H,5,8-9H2,1-3H3,(H,16,18). The van der Waals surface area contributed by atoms with Crippen molar-refractivity contribution in [2.75, 3.05) is 20.1 Å². The predicted octanol–water partition coefficient (Wildman–Crippen LogP) is 2.36. The van der Waals surface area contributed by atoms with E-state index in [1.165, 1.54) is 6.92 Å². The molecule has 2 amide bonds. The van der Waals surface area contributed by atoms with Crippen LogP contribution in [0.25, 0.3) is 0 Å². The van der Waals surface area contributed by atoms with Gasteiger partial charge in [-0.1, -0.05) is 22.0 Å². The first kappa shape index (κ1) is 15.7. The zero-order valence-electron chi connectivity index (χ0n) is 11.5. The van der Waals surface area contributed by atoms with E-state index in [4.69, 9.17) is 0 Å². The minimum atomic E-state index is -0.0446. The summed E-state index contributed by atoms with van der Waals surface area (Å²) in [6.45, 7) is 4.61. The first-order valence-electron chi connectivity index (χ1n) is 6.18. The van der Waals surface area contributed by atoms with Crippen LogP contribution in [-0.2, 0) is 4.79 Å². The molecule has 0 atom stereocenters. The van der Waals surface area contributed by atoms with Gasteiger partial charge in [-0.3, -0.25) is 9.59 Å². The van der Waals surface area contributed by atoms with Crippen molar-refractivity contribution in [2.45, 2.75) is 20.3 Å². The lowest BCUT2D eigenvalue weighted by atomic mass is 10.1. The Kier molecular flexibility index (Phi) is 6.02. The number of hydrogen-bond acceptors (Lipinski definition) is 2. The fourth-order valence-corrected chi connectivity index (χ4v) is 2.09. The second-order valence-corrected chi connectivity index (χ2v) is 5.33. The molecule has 1 rings (SSSR count). The maximum Gasteiger partial charge on any atom is 0.253 e. The Morgan fingerprint density at radius 2 is 2.05 bits per heavy atom. The molecule has 4 nitrogen and oxygen atoms in total. The van der Waals surface area contributed by atoms with Crippen molar-refractivity contribution in [2.24, 2.45) is 0 Å². The van der Waals surface area contributed by atoms with E-state index in [1.54, 1.807) is 11.9 Å². The van der Waals surface area contributed by atoms with E-state index in [9.17, 15) is 9.59 Å². The lowest BCUT2D eigenvalue weighted by Crippen LogP contribution is -2.31. The first-order chi connectivity index (χ1) is 8.93. The summed E-state index contributed by atoms with van der Waals surface area (Å²) in [4.78, 5) is 24.7. The minimum absolute atomic E-state index is 0.00150. The zero-order valence-corrected chi connectivity index (χ0v) is 13.1. The van der Waals surface area contributed by atoms with Crippen molar-refractivity contribution >= 4 is 27.7 Å². The van der Waals surface area contributed by atoms with Gasteiger partial charge in [-0.2, -0.15) is 0 Å². The Labute approximate surface area is 122 Å². The van der Waals surface area contributed by atoms with E-state index in [-0.39, 0.29) is 11.8 Å². The largest absolute Gasteiger partial charge is 0.356 e. The Balaban J connectivity index is 2.57. The third-order valence-electron chi connectivity index (χ3n) is 2.89. The van der Waals surface area contributed by atoms with Gasteiger partial charge in [0.25, 0.3) is 5.91 Å². The topological polar surface area (TPSA) is 49.4 Å². The molecule has 0 aliphatic heterocycles. The van der Waals surface area contributed by atoms with Gasteiger partial charge in [0.05, 0.1) is 0 Å². The third-order valence-corrected chi connectivity index (χ3v) is 3.75. The lowest BCUT2D eigenvalue weighted by molar-refractivity contribution is -0.118. The summed E-state index contributed by atoms with van der Waals surface area (Å²) in [6, 6.07) is 5.60. The summed E-state index contributed by atoms with van der Waals surface area (Å²) < 4.78 is 0.935. The molecule has 0 bridgehead atoms. The van der Waals surface area contributed by atoms with Crippen molar-refractivity contribution in [3.8, 4) is 0 Å². The second-order valence-electron chi connectivity index (χ2n) is 4.48. The molecule has 0 saturated heterocycles. The highest BCUT2D eigenvalue weighted by atomic mass is 79.9. The SMILES string of the molecule is CC(=O)NCCCN(C)C(=O)c1cccc(Br)c1C. The summed E-state index contributed by atoms with van der Waals surface area (Å²) in [5.74, 6) is -0.0431. The normalized spacial score (nSPS) is 10.1. The van der Waals surface area contributed by atoms with Crippen LogP contribution in [0.1, 0.15) is 29.3 Å². The van der Waals surface area contributed by atoms with Gasteiger partial charge in [0.15, 0.2) is 0 Å². The highest BCUT2D eigenvalue weighted by Gasteiger charge is 2.14. The van der Waals surface area contributed by atoms with Crippen molar-refractivity contribution < 1.29 is 9.59 Å². The van der Waals surface area contributed by atoms with E-state index < -0.39 is 0 Å². The number of halogens is 1. The number of amides is 2. The predicted molar refractivity (Wildman–Crippen MR) is 79.1 cm³/mol. The molecule has 0 aliphatic carbocycles. The van der Waals surface area contributed by atoms with Crippen LogP contribution in [0, 0.1) is 6.92 Å². The van der Waals surface area contributed by atoms with E-state index in [0.717, 1.165) is 16.5 Å². The molecule has 0 fully saturated rings. The highest BCUT2D eigenvalue weighted by molar-refractivity contribution is 9.10. The van der Waals surface area contributed by atoms with E-state index in [2.05, 4.69) is 21.2 Å². The van der Waals surface area contributed by atoms with Crippen molar-refractivity contribution in [1.82, 2.24) is 10.2 Å². The van der Waals surface area contributed by atoms with Crippen LogP contribution in [0.4, 0.5) is 0 Å². The van der Waals surface area contributed by atoms with Crippen LogP contribution >= 0.6 is 15.9 Å². The average molecular weight is 327 g/mol. The molecule has 0 saturated carbocycles. The molecule has 0 spiro atoms. The Hall–Kier alpha value is -1.36. The van der Waals surface area contributed by atoms with Crippen LogP contribution < -0.4 is 5.32 Å². The van der Waals surface area contributed by atoms with Gasteiger partial charge in [0.2, 0.25) is 5.91 Å². The maximum atomic E-state index is 12.3. The van der Waals surface area contributed by atoms with Crippen molar-refractivity contribution in [1.29, 1.82) is 0 Å². The lowest BCUT2D eigenvalue weighted by Gasteiger charge is -2.18. The molecule has 0 radical (unpaired) electrons. The van der Waals surface area contributed by atoms with Gasteiger partial charge in [-0.15, -0.1) is 0 Å². The molecular formula is C14H19BrN2O2. The summed E-state index contributed by atoms with van der Waals surface area (Å²) >= 11 is 3.43. The molecule has 104 valence electrons. The zero-order chi connectivity index (χ0) is 14.4. The van der Waals surface area contributed by atoms with Crippen LogP contribution in [0.15, 0.2) is 22.7 Å². The Morgan fingerprint density at radius 3 is 2.68 bits per heavy atom. The number of nitrogens with one attached hydrogen (secondary N) is 1. The number of nitrogens with zero attached hydrogens (tertiary/aromatic N) is 1. The molecule has 0 unspecified atom stereocenters. The number of carbonyl (C=O) groups excluding carboxylic acids is 2. The van der Waals surface area contributed by atoms with Crippen molar-refractivity contribution in [3.05, 3.63) is 33.8 Å². The van der Waals surface area contributed by atoms with Gasteiger partial charge < -0.3 is 10.2 Å². The molecule has 0 aromatic heterocycles. The number of hydrogen-bond donors (Lipinski definition) is 1. The van der Waals surface area contributed by atoms with E-state index in [0.29, 0.717) is 18.7 Å². The fraction of sp³-hybridized carbons (Fsp3) is 0.429. The molecule has 19 heavy (non-hydrogen) atoms. The summed E-state index contributed by atoms with van der Waals surface area (Å²) in [7, 11) is 1.77. The maximum absolute atomic E-state index is 12.3. The number of carbonyl (C=O) groups is 2. The summed E-state index contributed by atoms with van der Waals surface area (Å²) in [6.07, 6.45) is 0.745. The smallest absolute Gasteiger partial charge is 0.253 e. The average Bonchev–Trinajstić information content (AvgIpc) is 2.36. The molecule has 1 N–H and O–H groups in total. The van der Waals surface area contributed by atoms with Crippen molar-refractivity contribution in [3.63, 3.8) is 0 Å². The Morgan fingerprint density at radius 1 is 1.37 bits per heavy atom. The number of rotatable bonds is 5. The molecule has 1 aromatic carbocycles. The summed E-state index contributed by atoms with van der Waals surface area (Å²) in [5.41, 5.74) is 1.65. The second kappa shape index (κ2) is 7.28.